The summed E-state index contributed by atoms with van der Waals surface area (Å²) in [4.78, 5) is 18.1. The second kappa shape index (κ2) is 8.42. The standard InChI is InChI=1S/C22H26N2O2.ClH/c1-23-14-12-22(13-15-23)24(16-17-26-22)21(25)20(18-8-4-2-5-9-18)19-10-6-3-7-11-19;/h2-11,20H,12-17H2,1H3;1H. The third-order valence-electron chi connectivity index (χ3n) is 5.72. The van der Waals surface area contributed by atoms with Gasteiger partial charge in [0.25, 0.3) is 0 Å². The molecule has 2 heterocycles. The summed E-state index contributed by atoms with van der Waals surface area (Å²) in [5.41, 5.74) is 1.66. The molecule has 2 saturated heterocycles. The number of carbonyl (C=O) groups excluding carboxylic acids is 1. The zero-order chi connectivity index (χ0) is 18.0. The summed E-state index contributed by atoms with van der Waals surface area (Å²) in [6, 6.07) is 20.2. The number of piperidine rings is 1. The lowest BCUT2D eigenvalue weighted by Crippen LogP contribution is -2.55. The van der Waals surface area contributed by atoms with E-state index < -0.39 is 5.72 Å². The molecule has 0 unspecified atom stereocenters. The molecule has 0 saturated carbocycles. The van der Waals surface area contributed by atoms with E-state index in [2.05, 4.69) is 11.9 Å². The molecule has 0 aliphatic carbocycles. The lowest BCUT2D eigenvalue weighted by molar-refractivity contribution is -0.158. The van der Waals surface area contributed by atoms with Crippen molar-refractivity contribution >= 4 is 18.3 Å². The average molecular weight is 387 g/mol. The molecule has 1 amide bonds. The van der Waals surface area contributed by atoms with Gasteiger partial charge in [0, 0.05) is 32.5 Å². The van der Waals surface area contributed by atoms with Gasteiger partial charge in [0.1, 0.15) is 5.72 Å². The van der Waals surface area contributed by atoms with Crippen LogP contribution in [0.5, 0.6) is 0 Å². The molecule has 2 aromatic rings. The average Bonchev–Trinajstić information content (AvgIpc) is 3.09. The van der Waals surface area contributed by atoms with Crippen molar-refractivity contribution in [1.29, 1.82) is 0 Å². The third kappa shape index (κ3) is 3.88. The fourth-order valence-corrected chi connectivity index (χ4v) is 4.23. The Morgan fingerprint density at radius 2 is 1.44 bits per heavy atom. The molecule has 4 nitrogen and oxygen atoms in total. The first-order valence-corrected chi connectivity index (χ1v) is 9.43. The lowest BCUT2D eigenvalue weighted by atomic mass is 9.88. The van der Waals surface area contributed by atoms with E-state index in [0.29, 0.717) is 13.2 Å². The highest BCUT2D eigenvalue weighted by Gasteiger charge is 2.48. The molecule has 0 bridgehead atoms. The molecule has 2 aliphatic heterocycles. The van der Waals surface area contributed by atoms with Crippen molar-refractivity contribution in [3.63, 3.8) is 0 Å². The van der Waals surface area contributed by atoms with E-state index in [9.17, 15) is 4.79 Å². The fraction of sp³-hybridized carbons (Fsp3) is 0.409. The number of benzene rings is 2. The minimum Gasteiger partial charge on any atom is -0.354 e. The Balaban J connectivity index is 0.00000210. The first kappa shape index (κ1) is 19.9. The van der Waals surface area contributed by atoms with Crippen molar-refractivity contribution in [2.45, 2.75) is 24.5 Å². The molecule has 144 valence electrons. The van der Waals surface area contributed by atoms with E-state index in [1.165, 1.54) is 0 Å². The predicted molar refractivity (Wildman–Crippen MR) is 109 cm³/mol. The Bertz CT molecular complexity index is 706. The van der Waals surface area contributed by atoms with Gasteiger partial charge >= 0.3 is 0 Å². The number of amides is 1. The minimum absolute atomic E-state index is 0. The van der Waals surface area contributed by atoms with Gasteiger partial charge < -0.3 is 14.5 Å². The SMILES string of the molecule is CN1CCC2(CC1)OCCN2C(=O)C(c1ccccc1)c1ccccc1.Cl. The normalized spacial score (nSPS) is 19.3. The lowest BCUT2D eigenvalue weighted by Gasteiger charge is -2.43. The van der Waals surface area contributed by atoms with Crippen molar-refractivity contribution in [2.24, 2.45) is 0 Å². The molecular weight excluding hydrogens is 360 g/mol. The molecule has 0 N–H and O–H groups in total. The van der Waals surface area contributed by atoms with Crippen LogP contribution in [-0.2, 0) is 9.53 Å². The number of hydrogen-bond acceptors (Lipinski definition) is 3. The van der Waals surface area contributed by atoms with E-state index in [-0.39, 0.29) is 24.2 Å². The molecule has 5 heteroatoms. The highest BCUT2D eigenvalue weighted by molar-refractivity contribution is 5.88. The van der Waals surface area contributed by atoms with Gasteiger partial charge in [-0.2, -0.15) is 0 Å². The smallest absolute Gasteiger partial charge is 0.236 e. The van der Waals surface area contributed by atoms with Gasteiger partial charge in [-0.3, -0.25) is 4.79 Å². The Kier molecular flexibility index (Phi) is 6.20. The van der Waals surface area contributed by atoms with Crippen LogP contribution in [0.4, 0.5) is 0 Å². The second-order valence-corrected chi connectivity index (χ2v) is 7.34. The van der Waals surface area contributed by atoms with Crippen LogP contribution < -0.4 is 0 Å². The van der Waals surface area contributed by atoms with Gasteiger partial charge in [-0.15, -0.1) is 12.4 Å². The summed E-state index contributed by atoms with van der Waals surface area (Å²) in [7, 11) is 2.13. The summed E-state index contributed by atoms with van der Waals surface area (Å²) in [5, 5.41) is 0. The van der Waals surface area contributed by atoms with Gasteiger partial charge in [-0.05, 0) is 18.2 Å². The van der Waals surface area contributed by atoms with E-state index in [4.69, 9.17) is 4.74 Å². The molecule has 2 aliphatic rings. The van der Waals surface area contributed by atoms with Crippen LogP contribution in [0.25, 0.3) is 0 Å². The van der Waals surface area contributed by atoms with Gasteiger partial charge in [0.2, 0.25) is 5.91 Å². The summed E-state index contributed by atoms with van der Waals surface area (Å²) in [6.07, 6.45) is 1.76. The zero-order valence-corrected chi connectivity index (χ0v) is 16.5. The van der Waals surface area contributed by atoms with Gasteiger partial charge in [0.15, 0.2) is 0 Å². The summed E-state index contributed by atoms with van der Waals surface area (Å²) >= 11 is 0. The number of nitrogens with zero attached hydrogens (tertiary/aromatic N) is 2. The highest BCUT2D eigenvalue weighted by Crippen LogP contribution is 2.37. The molecule has 1 spiro atoms. The maximum Gasteiger partial charge on any atom is 0.236 e. The summed E-state index contributed by atoms with van der Waals surface area (Å²) < 4.78 is 6.16. The molecule has 0 aromatic heterocycles. The Labute approximate surface area is 167 Å². The quantitative estimate of drug-likeness (QED) is 0.809. The predicted octanol–water partition coefficient (Wildman–Crippen LogP) is 3.52. The first-order chi connectivity index (χ1) is 12.7. The van der Waals surface area contributed by atoms with Crippen LogP contribution in [0.3, 0.4) is 0 Å². The highest BCUT2D eigenvalue weighted by atomic mass is 35.5. The zero-order valence-electron chi connectivity index (χ0n) is 15.7. The van der Waals surface area contributed by atoms with E-state index in [0.717, 1.165) is 37.1 Å². The largest absolute Gasteiger partial charge is 0.354 e. The Morgan fingerprint density at radius 1 is 0.926 bits per heavy atom. The second-order valence-electron chi connectivity index (χ2n) is 7.34. The summed E-state index contributed by atoms with van der Waals surface area (Å²) in [5.74, 6) is -0.125. The molecule has 2 aromatic carbocycles. The van der Waals surface area contributed by atoms with Crippen LogP contribution in [0.15, 0.2) is 60.7 Å². The van der Waals surface area contributed by atoms with E-state index >= 15 is 0 Å². The Hall–Kier alpha value is -1.88. The Morgan fingerprint density at radius 3 is 1.96 bits per heavy atom. The number of halogens is 1. The van der Waals surface area contributed by atoms with Crippen molar-refractivity contribution in [3.05, 3.63) is 71.8 Å². The van der Waals surface area contributed by atoms with Crippen molar-refractivity contribution in [1.82, 2.24) is 9.80 Å². The van der Waals surface area contributed by atoms with E-state index in [1.54, 1.807) is 0 Å². The monoisotopic (exact) mass is 386 g/mol. The van der Waals surface area contributed by atoms with Crippen LogP contribution in [-0.4, -0.2) is 54.7 Å². The molecule has 2 fully saturated rings. The van der Waals surface area contributed by atoms with Crippen LogP contribution >= 0.6 is 12.4 Å². The van der Waals surface area contributed by atoms with Gasteiger partial charge in [0.05, 0.1) is 12.5 Å². The summed E-state index contributed by atoms with van der Waals surface area (Å²) in [6.45, 7) is 3.24. The maximum absolute atomic E-state index is 13.7. The molecule has 0 radical (unpaired) electrons. The number of hydrogen-bond donors (Lipinski definition) is 0. The van der Waals surface area contributed by atoms with Gasteiger partial charge in [-0.1, -0.05) is 60.7 Å². The number of ether oxygens (including phenoxy) is 1. The van der Waals surface area contributed by atoms with Crippen LogP contribution in [0, 0.1) is 0 Å². The van der Waals surface area contributed by atoms with E-state index in [1.807, 2.05) is 65.6 Å². The number of rotatable bonds is 3. The van der Waals surface area contributed by atoms with Gasteiger partial charge in [-0.25, -0.2) is 0 Å². The molecule has 27 heavy (non-hydrogen) atoms. The van der Waals surface area contributed by atoms with Crippen molar-refractivity contribution in [3.8, 4) is 0 Å². The first-order valence-electron chi connectivity index (χ1n) is 9.43. The minimum atomic E-state index is -0.425. The number of likely N-dealkylation sites (tertiary alicyclic amines) is 1. The number of carbonyl (C=O) groups is 1. The van der Waals surface area contributed by atoms with Crippen LogP contribution in [0.2, 0.25) is 0 Å². The van der Waals surface area contributed by atoms with Crippen LogP contribution in [0.1, 0.15) is 29.9 Å². The maximum atomic E-state index is 13.7. The molecule has 0 atom stereocenters. The molecular formula is C22H27ClN2O2. The molecule has 4 rings (SSSR count). The van der Waals surface area contributed by atoms with Crippen molar-refractivity contribution < 1.29 is 9.53 Å². The fourth-order valence-electron chi connectivity index (χ4n) is 4.23. The van der Waals surface area contributed by atoms with Crippen molar-refractivity contribution in [2.75, 3.05) is 33.3 Å². The third-order valence-corrected chi connectivity index (χ3v) is 5.72. The topological polar surface area (TPSA) is 32.8 Å².